The van der Waals surface area contributed by atoms with Gasteiger partial charge in [0.1, 0.15) is 5.75 Å². The standard InChI is InChI=1S/C25H26N2O/c1-25(2)16-19(14-18-8-4-6-10-22(18)26)21-15-17(12-13-23(21)27-25)20-9-5-7-11-24(20)28-3/h4-13,15-16,27H,14,26H2,1-3H3. The summed E-state index contributed by atoms with van der Waals surface area (Å²) in [6.07, 6.45) is 3.12. The summed E-state index contributed by atoms with van der Waals surface area (Å²) in [6, 6.07) is 22.8. The highest BCUT2D eigenvalue weighted by Crippen LogP contribution is 2.40. The van der Waals surface area contributed by atoms with Crippen molar-refractivity contribution >= 4 is 16.9 Å². The highest BCUT2D eigenvalue weighted by atomic mass is 16.5. The maximum atomic E-state index is 6.22. The molecule has 0 fully saturated rings. The summed E-state index contributed by atoms with van der Waals surface area (Å²) in [6.45, 7) is 4.39. The van der Waals surface area contributed by atoms with Crippen molar-refractivity contribution in [1.29, 1.82) is 0 Å². The molecule has 0 radical (unpaired) electrons. The fraction of sp³-hybridized carbons (Fsp3) is 0.200. The van der Waals surface area contributed by atoms with Gasteiger partial charge in [-0.3, -0.25) is 0 Å². The quantitative estimate of drug-likeness (QED) is 0.573. The van der Waals surface area contributed by atoms with Gasteiger partial charge in [0.15, 0.2) is 0 Å². The predicted octanol–water partition coefficient (Wildman–Crippen LogP) is 5.77. The van der Waals surface area contributed by atoms with Crippen LogP contribution in [-0.2, 0) is 6.42 Å². The summed E-state index contributed by atoms with van der Waals surface area (Å²) in [7, 11) is 1.71. The maximum Gasteiger partial charge on any atom is 0.126 e. The molecule has 1 heterocycles. The molecule has 0 aromatic heterocycles. The molecule has 28 heavy (non-hydrogen) atoms. The molecule has 3 aromatic rings. The number of fused-ring (bicyclic) bond motifs is 1. The maximum absolute atomic E-state index is 6.22. The van der Waals surface area contributed by atoms with E-state index in [9.17, 15) is 0 Å². The Morgan fingerprint density at radius 3 is 2.46 bits per heavy atom. The van der Waals surface area contributed by atoms with Gasteiger partial charge in [-0.1, -0.05) is 48.5 Å². The van der Waals surface area contributed by atoms with E-state index in [1.54, 1.807) is 7.11 Å². The second-order valence-electron chi connectivity index (χ2n) is 7.85. The van der Waals surface area contributed by atoms with E-state index in [0.717, 1.165) is 40.2 Å². The number of anilines is 2. The van der Waals surface area contributed by atoms with Crippen LogP contribution in [0.1, 0.15) is 25.0 Å². The van der Waals surface area contributed by atoms with Crippen molar-refractivity contribution in [2.24, 2.45) is 0 Å². The fourth-order valence-corrected chi connectivity index (χ4v) is 3.91. The molecule has 3 heteroatoms. The lowest BCUT2D eigenvalue weighted by molar-refractivity contribution is 0.416. The number of para-hydroxylation sites is 2. The SMILES string of the molecule is COc1ccccc1-c1ccc2c(c1)C(Cc1ccccc1N)=CC(C)(C)N2. The molecule has 3 aromatic carbocycles. The summed E-state index contributed by atoms with van der Waals surface area (Å²) >= 11 is 0. The molecule has 3 nitrogen and oxygen atoms in total. The zero-order valence-corrected chi connectivity index (χ0v) is 16.6. The average Bonchev–Trinajstić information content (AvgIpc) is 2.68. The number of benzene rings is 3. The first-order valence-corrected chi connectivity index (χ1v) is 9.58. The molecule has 0 atom stereocenters. The highest BCUT2D eigenvalue weighted by Gasteiger charge is 2.25. The van der Waals surface area contributed by atoms with E-state index in [4.69, 9.17) is 10.5 Å². The van der Waals surface area contributed by atoms with Crippen LogP contribution in [0.2, 0.25) is 0 Å². The third-order valence-corrected chi connectivity index (χ3v) is 5.21. The van der Waals surface area contributed by atoms with Crippen molar-refractivity contribution in [3.63, 3.8) is 0 Å². The van der Waals surface area contributed by atoms with Crippen molar-refractivity contribution in [2.75, 3.05) is 18.2 Å². The molecule has 0 aliphatic carbocycles. The minimum absolute atomic E-state index is 0.113. The molecule has 3 N–H and O–H groups in total. The van der Waals surface area contributed by atoms with Crippen molar-refractivity contribution in [3.8, 4) is 16.9 Å². The molecule has 1 aliphatic heterocycles. The molecule has 0 saturated heterocycles. The number of ether oxygens (including phenoxy) is 1. The first-order chi connectivity index (χ1) is 13.5. The van der Waals surface area contributed by atoms with Gasteiger partial charge >= 0.3 is 0 Å². The Kier molecular flexibility index (Phi) is 4.60. The summed E-state index contributed by atoms with van der Waals surface area (Å²) in [5.41, 5.74) is 14.0. The van der Waals surface area contributed by atoms with Gasteiger partial charge in [0, 0.05) is 22.5 Å². The van der Waals surface area contributed by atoms with Crippen molar-refractivity contribution in [3.05, 3.63) is 83.9 Å². The number of hydrogen-bond acceptors (Lipinski definition) is 3. The zero-order chi connectivity index (χ0) is 19.7. The monoisotopic (exact) mass is 370 g/mol. The Morgan fingerprint density at radius 1 is 0.929 bits per heavy atom. The number of nitrogen functional groups attached to an aromatic ring is 1. The van der Waals surface area contributed by atoms with Crippen LogP contribution in [-0.4, -0.2) is 12.6 Å². The van der Waals surface area contributed by atoms with E-state index >= 15 is 0 Å². The van der Waals surface area contributed by atoms with E-state index in [-0.39, 0.29) is 5.54 Å². The minimum Gasteiger partial charge on any atom is -0.496 e. The van der Waals surface area contributed by atoms with Crippen molar-refractivity contribution < 1.29 is 4.74 Å². The Hall–Kier alpha value is -3.20. The molecule has 142 valence electrons. The van der Waals surface area contributed by atoms with Gasteiger partial charge in [0.2, 0.25) is 0 Å². The van der Waals surface area contributed by atoms with E-state index in [1.807, 2.05) is 36.4 Å². The Balaban J connectivity index is 1.81. The summed E-state index contributed by atoms with van der Waals surface area (Å²) in [5, 5.41) is 3.63. The minimum atomic E-state index is -0.113. The number of hydrogen-bond donors (Lipinski definition) is 2. The second kappa shape index (κ2) is 7.08. The normalized spacial score (nSPS) is 14.6. The summed E-state index contributed by atoms with van der Waals surface area (Å²) < 4.78 is 5.57. The number of nitrogens with one attached hydrogen (secondary N) is 1. The molecular formula is C25H26N2O. The number of rotatable bonds is 4. The lowest BCUT2D eigenvalue weighted by atomic mass is 9.85. The van der Waals surface area contributed by atoms with Gasteiger partial charge < -0.3 is 15.8 Å². The fourth-order valence-electron chi connectivity index (χ4n) is 3.91. The van der Waals surface area contributed by atoms with Crippen LogP contribution in [0.4, 0.5) is 11.4 Å². The third kappa shape index (κ3) is 3.48. The highest BCUT2D eigenvalue weighted by molar-refractivity contribution is 5.86. The number of methoxy groups -OCH3 is 1. The first-order valence-electron chi connectivity index (χ1n) is 9.58. The van der Waals surface area contributed by atoms with Crippen LogP contribution < -0.4 is 15.8 Å². The molecule has 0 saturated carbocycles. The molecule has 4 rings (SSSR count). The Morgan fingerprint density at radius 2 is 1.68 bits per heavy atom. The number of allylic oxidation sites excluding steroid dienone is 1. The third-order valence-electron chi connectivity index (χ3n) is 5.21. The van der Waals surface area contributed by atoms with Gasteiger partial charge in [-0.05, 0) is 61.2 Å². The second-order valence-corrected chi connectivity index (χ2v) is 7.85. The topological polar surface area (TPSA) is 47.3 Å². The predicted molar refractivity (Wildman–Crippen MR) is 119 cm³/mol. The van der Waals surface area contributed by atoms with Crippen LogP contribution in [0.15, 0.2) is 72.8 Å². The van der Waals surface area contributed by atoms with E-state index < -0.39 is 0 Å². The molecule has 0 amide bonds. The van der Waals surface area contributed by atoms with E-state index in [1.165, 1.54) is 11.1 Å². The summed E-state index contributed by atoms with van der Waals surface area (Å²) in [5.74, 6) is 0.879. The number of nitrogens with two attached hydrogens (primary N) is 1. The van der Waals surface area contributed by atoms with Gasteiger partial charge in [0.05, 0.1) is 12.6 Å². The van der Waals surface area contributed by atoms with Crippen LogP contribution >= 0.6 is 0 Å². The van der Waals surface area contributed by atoms with Gasteiger partial charge in [-0.25, -0.2) is 0 Å². The van der Waals surface area contributed by atoms with Gasteiger partial charge in [-0.2, -0.15) is 0 Å². The Bertz CT molecular complexity index is 1050. The molecular weight excluding hydrogens is 344 g/mol. The summed E-state index contributed by atoms with van der Waals surface area (Å²) in [4.78, 5) is 0. The molecule has 0 bridgehead atoms. The van der Waals surface area contributed by atoms with Crippen molar-refractivity contribution in [1.82, 2.24) is 0 Å². The van der Waals surface area contributed by atoms with Gasteiger partial charge in [0.25, 0.3) is 0 Å². The van der Waals surface area contributed by atoms with Crippen LogP contribution in [0.25, 0.3) is 16.7 Å². The Labute approximate surface area is 166 Å². The van der Waals surface area contributed by atoms with Crippen molar-refractivity contribution in [2.45, 2.75) is 25.8 Å². The molecule has 1 aliphatic rings. The van der Waals surface area contributed by atoms with Crippen LogP contribution in [0.3, 0.4) is 0 Å². The average molecular weight is 370 g/mol. The molecule has 0 spiro atoms. The zero-order valence-electron chi connectivity index (χ0n) is 16.6. The van der Waals surface area contributed by atoms with Crippen LogP contribution in [0, 0.1) is 0 Å². The van der Waals surface area contributed by atoms with E-state index in [0.29, 0.717) is 0 Å². The smallest absolute Gasteiger partial charge is 0.126 e. The molecule has 0 unspecified atom stereocenters. The largest absolute Gasteiger partial charge is 0.496 e. The van der Waals surface area contributed by atoms with Gasteiger partial charge in [-0.15, -0.1) is 0 Å². The van der Waals surface area contributed by atoms with E-state index in [2.05, 4.69) is 55.6 Å². The van der Waals surface area contributed by atoms with Crippen LogP contribution in [0.5, 0.6) is 5.75 Å². The lowest BCUT2D eigenvalue weighted by Gasteiger charge is -2.33. The first kappa shape index (κ1) is 18.2. The lowest BCUT2D eigenvalue weighted by Crippen LogP contribution is -2.32.